The zero-order chi connectivity index (χ0) is 13.9. The fraction of sp³-hybridized carbons (Fsp3) is 0.0714. The Morgan fingerprint density at radius 1 is 1.40 bits per heavy atom. The number of nitrogens with one attached hydrogen (secondary N) is 1. The van der Waals surface area contributed by atoms with E-state index < -0.39 is 0 Å². The van der Waals surface area contributed by atoms with Crippen molar-refractivity contribution in [2.24, 2.45) is 0 Å². The molecule has 3 rings (SSSR count). The molecule has 0 aliphatic rings. The molecule has 1 N–H and O–H groups in total. The van der Waals surface area contributed by atoms with Crippen LogP contribution in [0.2, 0.25) is 0 Å². The van der Waals surface area contributed by atoms with Gasteiger partial charge in [0.15, 0.2) is 5.01 Å². The topological polar surface area (TPSA) is 54.9 Å². The number of carbonyl (C=O) groups excluding carboxylic acids is 1. The fourth-order valence-corrected chi connectivity index (χ4v) is 3.07. The molecule has 0 saturated carbocycles. The van der Waals surface area contributed by atoms with E-state index in [4.69, 9.17) is 6.42 Å². The Bertz CT molecular complexity index is 813. The molecule has 98 valence electrons. The number of carbonyl (C=O) groups is 1. The normalized spacial score (nSPS) is 10.3. The number of amides is 1. The van der Waals surface area contributed by atoms with Crippen molar-refractivity contribution in [3.8, 4) is 12.3 Å². The van der Waals surface area contributed by atoms with Gasteiger partial charge in [0.25, 0.3) is 5.91 Å². The average Bonchev–Trinajstić information content (AvgIpc) is 3.12. The predicted molar refractivity (Wildman–Crippen MR) is 80.8 cm³/mol. The van der Waals surface area contributed by atoms with E-state index in [0.29, 0.717) is 17.2 Å². The van der Waals surface area contributed by atoms with Crippen LogP contribution in [0.4, 0.5) is 0 Å². The van der Waals surface area contributed by atoms with Crippen LogP contribution < -0.4 is 5.32 Å². The maximum Gasteiger partial charge on any atom is 0.271 e. The van der Waals surface area contributed by atoms with Gasteiger partial charge in [-0.3, -0.25) is 4.79 Å². The summed E-state index contributed by atoms with van der Waals surface area (Å²) in [5.41, 5.74) is 4.18. The molecule has 1 amide bonds. The molecule has 0 aliphatic heterocycles. The molecule has 0 spiro atoms. The van der Waals surface area contributed by atoms with E-state index in [1.165, 1.54) is 11.3 Å². The molecule has 20 heavy (non-hydrogen) atoms. The summed E-state index contributed by atoms with van der Waals surface area (Å²) in [6.45, 7) is 0.454. The molecule has 0 bridgehead atoms. The molecule has 4 nitrogen and oxygen atoms in total. The first kappa shape index (κ1) is 12.8. The van der Waals surface area contributed by atoms with Gasteiger partial charge in [0.05, 0.1) is 15.7 Å². The van der Waals surface area contributed by atoms with Crippen LogP contribution in [-0.4, -0.2) is 15.9 Å². The van der Waals surface area contributed by atoms with Crippen molar-refractivity contribution < 1.29 is 4.79 Å². The summed E-state index contributed by atoms with van der Waals surface area (Å²) < 4.78 is 1.11. The lowest BCUT2D eigenvalue weighted by atomic mass is 10.2. The number of nitrogens with zero attached hydrogens (tertiary/aromatic N) is 2. The number of hydrogen-bond acceptors (Lipinski definition) is 5. The van der Waals surface area contributed by atoms with Gasteiger partial charge in [0.2, 0.25) is 0 Å². The molecule has 0 aliphatic carbocycles. The van der Waals surface area contributed by atoms with Gasteiger partial charge >= 0.3 is 0 Å². The maximum atomic E-state index is 11.9. The molecule has 2 aromatic heterocycles. The van der Waals surface area contributed by atoms with Crippen molar-refractivity contribution in [1.29, 1.82) is 0 Å². The lowest BCUT2D eigenvalue weighted by Crippen LogP contribution is -2.23. The summed E-state index contributed by atoms with van der Waals surface area (Å²) in [6, 6.07) is 5.93. The first-order valence-electron chi connectivity index (χ1n) is 5.79. The van der Waals surface area contributed by atoms with Gasteiger partial charge in [0.1, 0.15) is 5.69 Å². The molecule has 0 fully saturated rings. The SMILES string of the molecule is C#Cc1nc(C(=O)NCc2ccc3ncsc3c2)cs1. The number of rotatable bonds is 3. The molecular formula is C14H9N3OS2. The van der Waals surface area contributed by atoms with Gasteiger partial charge in [-0.05, 0) is 23.6 Å². The highest BCUT2D eigenvalue weighted by Gasteiger charge is 2.09. The molecule has 2 heterocycles. The van der Waals surface area contributed by atoms with Gasteiger partial charge in [-0.25, -0.2) is 9.97 Å². The smallest absolute Gasteiger partial charge is 0.271 e. The summed E-state index contributed by atoms with van der Waals surface area (Å²) in [6.07, 6.45) is 5.23. The first-order valence-corrected chi connectivity index (χ1v) is 7.54. The Labute approximate surface area is 123 Å². The van der Waals surface area contributed by atoms with Gasteiger partial charge in [0, 0.05) is 11.9 Å². The lowest BCUT2D eigenvalue weighted by molar-refractivity contribution is 0.0946. The van der Waals surface area contributed by atoms with Crippen molar-refractivity contribution >= 4 is 38.8 Å². The van der Waals surface area contributed by atoms with Crippen molar-refractivity contribution in [2.45, 2.75) is 6.54 Å². The highest BCUT2D eigenvalue weighted by Crippen LogP contribution is 2.19. The molecule has 1 aromatic carbocycles. The highest BCUT2D eigenvalue weighted by atomic mass is 32.1. The molecule has 0 unspecified atom stereocenters. The third-order valence-electron chi connectivity index (χ3n) is 2.71. The van der Waals surface area contributed by atoms with Crippen LogP contribution in [0.15, 0.2) is 29.1 Å². The van der Waals surface area contributed by atoms with E-state index >= 15 is 0 Å². The van der Waals surface area contributed by atoms with E-state index in [1.54, 1.807) is 16.7 Å². The number of thiazole rings is 2. The quantitative estimate of drug-likeness (QED) is 0.757. The Balaban J connectivity index is 1.69. The predicted octanol–water partition coefficient (Wildman–Crippen LogP) is 2.66. The summed E-state index contributed by atoms with van der Waals surface area (Å²) in [5, 5.41) is 5.01. The van der Waals surface area contributed by atoms with Crippen molar-refractivity contribution in [2.75, 3.05) is 0 Å². The standard InChI is InChI=1S/C14H9N3OS2/c1-2-13-17-11(7-19-13)14(18)15-6-9-3-4-10-12(5-9)20-8-16-10/h1,3-5,7-8H,6H2,(H,15,18). The first-order chi connectivity index (χ1) is 9.76. The Morgan fingerprint density at radius 3 is 3.10 bits per heavy atom. The molecule has 0 atom stereocenters. The number of hydrogen-bond donors (Lipinski definition) is 1. The molecule has 6 heteroatoms. The van der Waals surface area contributed by atoms with E-state index in [1.807, 2.05) is 23.7 Å². The summed E-state index contributed by atoms with van der Waals surface area (Å²) in [4.78, 5) is 20.2. The number of aromatic nitrogens is 2. The van der Waals surface area contributed by atoms with Crippen molar-refractivity contribution in [1.82, 2.24) is 15.3 Å². The second-order valence-electron chi connectivity index (χ2n) is 4.02. The van der Waals surface area contributed by atoms with Gasteiger partial charge in [-0.15, -0.1) is 29.1 Å². The van der Waals surface area contributed by atoms with Crippen molar-refractivity contribution in [3.05, 3.63) is 45.4 Å². The van der Waals surface area contributed by atoms with Crippen molar-refractivity contribution in [3.63, 3.8) is 0 Å². The molecule has 0 saturated heterocycles. The third kappa shape index (κ3) is 2.54. The summed E-state index contributed by atoms with van der Waals surface area (Å²) in [7, 11) is 0. The molecule has 0 radical (unpaired) electrons. The average molecular weight is 299 g/mol. The Kier molecular flexibility index (Phi) is 3.46. The fourth-order valence-electron chi connectivity index (χ4n) is 1.73. The molecular weight excluding hydrogens is 290 g/mol. The van der Waals surface area contributed by atoms with Crippen LogP contribution in [0, 0.1) is 12.3 Å². The van der Waals surface area contributed by atoms with E-state index in [-0.39, 0.29) is 5.91 Å². The van der Waals surface area contributed by atoms with Gasteiger partial charge in [-0.1, -0.05) is 6.07 Å². The second-order valence-corrected chi connectivity index (χ2v) is 5.76. The van der Waals surface area contributed by atoms with Crippen LogP contribution in [0.1, 0.15) is 21.1 Å². The zero-order valence-electron chi connectivity index (χ0n) is 10.3. The Morgan fingerprint density at radius 2 is 2.30 bits per heavy atom. The monoisotopic (exact) mass is 299 g/mol. The summed E-state index contributed by atoms with van der Waals surface area (Å²) in [5.74, 6) is 2.20. The van der Waals surface area contributed by atoms with Crippen LogP contribution >= 0.6 is 22.7 Å². The minimum atomic E-state index is -0.216. The summed E-state index contributed by atoms with van der Waals surface area (Å²) >= 11 is 2.87. The van der Waals surface area contributed by atoms with E-state index in [2.05, 4.69) is 21.2 Å². The molecule has 3 aromatic rings. The number of fused-ring (bicyclic) bond motifs is 1. The van der Waals surface area contributed by atoms with Gasteiger partial charge < -0.3 is 5.32 Å². The van der Waals surface area contributed by atoms with Gasteiger partial charge in [-0.2, -0.15) is 0 Å². The lowest BCUT2D eigenvalue weighted by Gasteiger charge is -2.03. The highest BCUT2D eigenvalue weighted by molar-refractivity contribution is 7.16. The minimum Gasteiger partial charge on any atom is -0.347 e. The minimum absolute atomic E-state index is 0.216. The van der Waals surface area contributed by atoms with E-state index in [9.17, 15) is 4.79 Å². The largest absolute Gasteiger partial charge is 0.347 e. The number of benzene rings is 1. The van der Waals surface area contributed by atoms with Crippen LogP contribution in [0.5, 0.6) is 0 Å². The van der Waals surface area contributed by atoms with Crippen LogP contribution in [0.3, 0.4) is 0 Å². The van der Waals surface area contributed by atoms with Crippen LogP contribution in [0.25, 0.3) is 10.2 Å². The van der Waals surface area contributed by atoms with Crippen LogP contribution in [-0.2, 0) is 6.54 Å². The second kappa shape index (κ2) is 5.41. The Hall–Kier alpha value is -2.23. The third-order valence-corrected chi connectivity index (χ3v) is 4.27. The maximum absolute atomic E-state index is 11.9. The number of terminal acetylenes is 1. The van der Waals surface area contributed by atoms with E-state index in [0.717, 1.165) is 15.8 Å². The zero-order valence-corrected chi connectivity index (χ0v) is 11.9.